The summed E-state index contributed by atoms with van der Waals surface area (Å²) < 4.78 is 4.95. The van der Waals surface area contributed by atoms with Gasteiger partial charge in [-0.25, -0.2) is 4.79 Å². The van der Waals surface area contributed by atoms with Crippen molar-refractivity contribution in [1.82, 2.24) is 10.2 Å². The molecule has 0 aromatic carbocycles. The molecule has 0 amide bonds. The van der Waals surface area contributed by atoms with Gasteiger partial charge >= 0.3 is 5.97 Å². The molecule has 0 radical (unpaired) electrons. The van der Waals surface area contributed by atoms with Gasteiger partial charge < -0.3 is 15.3 Å². The number of aromatic nitrogens is 2. The zero-order valence-electron chi connectivity index (χ0n) is 6.97. The second kappa shape index (κ2) is 4.64. The van der Waals surface area contributed by atoms with Gasteiger partial charge in [0.05, 0.1) is 6.04 Å². The summed E-state index contributed by atoms with van der Waals surface area (Å²) in [5.74, 6) is 3.23. The van der Waals surface area contributed by atoms with E-state index >= 15 is 0 Å². The lowest BCUT2D eigenvalue weighted by Gasteiger charge is -1.98. The minimum atomic E-state index is -1.26. The maximum absolute atomic E-state index is 10.1. The summed E-state index contributed by atoms with van der Waals surface area (Å²) in [6.07, 6.45) is 0. The van der Waals surface area contributed by atoms with Crippen molar-refractivity contribution in [2.45, 2.75) is 6.04 Å². The van der Waals surface area contributed by atoms with Crippen LogP contribution in [0.2, 0.25) is 0 Å². The third-order valence-electron chi connectivity index (χ3n) is 1.23. The van der Waals surface area contributed by atoms with Gasteiger partial charge in [0.1, 0.15) is 0 Å². The van der Waals surface area contributed by atoms with Crippen molar-refractivity contribution in [3.05, 3.63) is 11.8 Å². The molecule has 1 rings (SSSR count). The second-order valence-corrected chi connectivity index (χ2v) is 2.65. The lowest BCUT2D eigenvalue weighted by atomic mass is 10.4. The molecule has 0 fully saturated rings. The average Bonchev–Trinajstić information content (AvgIpc) is 2.62. The van der Waals surface area contributed by atoms with Crippen LogP contribution in [0, 0.1) is 11.8 Å². The molecule has 1 aromatic heterocycles. The van der Waals surface area contributed by atoms with E-state index in [1.165, 1.54) is 0 Å². The monoisotopic (exact) mass is 213 g/mol. The normalized spacial score (nSPS) is 11.6. The van der Waals surface area contributed by atoms with E-state index in [2.05, 4.69) is 28.7 Å². The molecule has 0 bridgehead atoms. The third-order valence-corrected chi connectivity index (χ3v) is 1.62. The van der Waals surface area contributed by atoms with Crippen LogP contribution >= 0.6 is 12.6 Å². The van der Waals surface area contributed by atoms with Crippen LogP contribution in [-0.2, 0) is 4.79 Å². The van der Waals surface area contributed by atoms with E-state index < -0.39 is 12.0 Å². The van der Waals surface area contributed by atoms with Crippen LogP contribution in [0.1, 0.15) is 17.8 Å². The van der Waals surface area contributed by atoms with Crippen LogP contribution in [0.15, 0.2) is 4.42 Å². The fraction of sp³-hybridized carbons (Fsp3) is 0.286. The summed E-state index contributed by atoms with van der Waals surface area (Å²) in [5.41, 5.74) is 5.53. The van der Waals surface area contributed by atoms with Crippen LogP contribution in [0.4, 0.5) is 0 Å². The molecule has 1 heterocycles. The number of thiol groups is 1. The van der Waals surface area contributed by atoms with Crippen LogP contribution < -0.4 is 5.73 Å². The SMILES string of the molecule is NC(CS)c1nnc(C#CC(=O)O)o1. The first kappa shape index (κ1) is 10.6. The number of rotatable bonds is 2. The van der Waals surface area contributed by atoms with Gasteiger partial charge in [-0.2, -0.15) is 12.6 Å². The molecule has 0 aliphatic heterocycles. The Labute approximate surface area is 84.9 Å². The van der Waals surface area contributed by atoms with E-state index in [-0.39, 0.29) is 11.8 Å². The number of hydrogen-bond donors (Lipinski definition) is 3. The van der Waals surface area contributed by atoms with E-state index in [9.17, 15) is 4.79 Å². The number of nitrogens with zero attached hydrogens (tertiary/aromatic N) is 2. The zero-order chi connectivity index (χ0) is 10.6. The van der Waals surface area contributed by atoms with Crippen molar-refractivity contribution in [1.29, 1.82) is 0 Å². The fourth-order valence-corrected chi connectivity index (χ4v) is 0.776. The lowest BCUT2D eigenvalue weighted by Crippen LogP contribution is -2.11. The maximum Gasteiger partial charge on any atom is 0.382 e. The van der Waals surface area contributed by atoms with E-state index in [1.54, 1.807) is 0 Å². The summed E-state index contributed by atoms with van der Waals surface area (Å²) in [6.45, 7) is 0. The molecule has 1 unspecified atom stereocenters. The van der Waals surface area contributed by atoms with Crippen molar-refractivity contribution in [2.75, 3.05) is 5.75 Å². The van der Waals surface area contributed by atoms with Crippen molar-refractivity contribution >= 4 is 18.6 Å². The Morgan fingerprint density at radius 3 is 3.00 bits per heavy atom. The molecule has 0 aliphatic rings. The highest BCUT2D eigenvalue weighted by Crippen LogP contribution is 2.08. The van der Waals surface area contributed by atoms with Gasteiger partial charge in [0, 0.05) is 17.6 Å². The first-order chi connectivity index (χ1) is 6.63. The van der Waals surface area contributed by atoms with Gasteiger partial charge in [-0.15, -0.1) is 5.10 Å². The molecule has 7 heteroatoms. The summed E-state index contributed by atoms with van der Waals surface area (Å²) in [5, 5.41) is 15.3. The molecule has 1 atom stereocenters. The molecule has 0 aliphatic carbocycles. The Morgan fingerprint density at radius 1 is 1.71 bits per heavy atom. The molecule has 0 saturated heterocycles. The zero-order valence-corrected chi connectivity index (χ0v) is 7.86. The molecular formula is C7H7N3O3S. The summed E-state index contributed by atoms with van der Waals surface area (Å²) in [6, 6.07) is -0.466. The standard InChI is InChI=1S/C7H7N3O3S/c8-4(3-14)7-10-9-5(13-7)1-2-6(11)12/h4,14H,3,8H2,(H,11,12). The van der Waals surface area contributed by atoms with Gasteiger partial charge in [0.2, 0.25) is 5.89 Å². The highest BCUT2D eigenvalue weighted by molar-refractivity contribution is 7.80. The number of carbonyl (C=O) groups is 1. The number of nitrogens with two attached hydrogens (primary N) is 1. The second-order valence-electron chi connectivity index (χ2n) is 2.29. The molecule has 0 spiro atoms. The smallest absolute Gasteiger partial charge is 0.382 e. The number of hydrogen-bond acceptors (Lipinski definition) is 6. The van der Waals surface area contributed by atoms with Gasteiger partial charge in [0.15, 0.2) is 0 Å². The predicted octanol–water partition coefficient (Wildman–Crippen LogP) is -0.565. The highest BCUT2D eigenvalue weighted by Gasteiger charge is 2.11. The molecule has 1 aromatic rings. The van der Waals surface area contributed by atoms with E-state index in [0.717, 1.165) is 0 Å². The van der Waals surface area contributed by atoms with E-state index in [4.69, 9.17) is 15.3 Å². The summed E-state index contributed by atoms with van der Waals surface area (Å²) in [7, 11) is 0. The minimum Gasteiger partial charge on any atom is -0.472 e. The van der Waals surface area contributed by atoms with Gasteiger partial charge in [0.25, 0.3) is 5.89 Å². The number of carboxylic acids is 1. The first-order valence-corrected chi connectivity index (χ1v) is 4.21. The Hall–Kier alpha value is -1.52. The lowest BCUT2D eigenvalue weighted by molar-refractivity contribution is -0.130. The molecule has 3 N–H and O–H groups in total. The van der Waals surface area contributed by atoms with Gasteiger partial charge in [-0.1, -0.05) is 5.10 Å². The Balaban J connectivity index is 2.80. The van der Waals surface area contributed by atoms with Crippen molar-refractivity contribution < 1.29 is 14.3 Å². The van der Waals surface area contributed by atoms with Crippen LogP contribution in [-0.4, -0.2) is 27.0 Å². The van der Waals surface area contributed by atoms with Crippen LogP contribution in [0.5, 0.6) is 0 Å². The topological polar surface area (TPSA) is 102 Å². The Morgan fingerprint density at radius 2 is 2.43 bits per heavy atom. The first-order valence-electron chi connectivity index (χ1n) is 3.58. The molecular weight excluding hydrogens is 206 g/mol. The van der Waals surface area contributed by atoms with Crippen molar-refractivity contribution in [3.8, 4) is 11.8 Å². The van der Waals surface area contributed by atoms with E-state index in [0.29, 0.717) is 5.75 Å². The quantitative estimate of drug-likeness (QED) is 0.449. The number of carboxylic acid groups (broad SMARTS) is 1. The van der Waals surface area contributed by atoms with Crippen molar-refractivity contribution in [3.63, 3.8) is 0 Å². The van der Waals surface area contributed by atoms with E-state index in [1.807, 2.05) is 5.92 Å². The molecule has 74 valence electrons. The Bertz CT molecular complexity index is 392. The summed E-state index contributed by atoms with van der Waals surface area (Å²) in [4.78, 5) is 10.1. The average molecular weight is 213 g/mol. The largest absolute Gasteiger partial charge is 0.472 e. The molecule has 0 saturated carbocycles. The highest BCUT2D eigenvalue weighted by atomic mass is 32.1. The maximum atomic E-state index is 10.1. The Kier molecular flexibility index (Phi) is 3.50. The molecule has 6 nitrogen and oxygen atoms in total. The van der Waals surface area contributed by atoms with Crippen LogP contribution in [0.25, 0.3) is 0 Å². The molecule has 14 heavy (non-hydrogen) atoms. The third kappa shape index (κ3) is 2.76. The number of aliphatic carboxylic acids is 1. The van der Waals surface area contributed by atoms with Gasteiger partial charge in [-0.3, -0.25) is 0 Å². The summed E-state index contributed by atoms with van der Waals surface area (Å²) >= 11 is 3.94. The minimum absolute atomic E-state index is 0.0698. The van der Waals surface area contributed by atoms with Crippen LogP contribution in [0.3, 0.4) is 0 Å². The fourth-order valence-electron chi connectivity index (χ4n) is 0.620. The van der Waals surface area contributed by atoms with Gasteiger partial charge in [-0.05, 0) is 0 Å². The van der Waals surface area contributed by atoms with Crippen molar-refractivity contribution in [2.24, 2.45) is 5.73 Å². The predicted molar refractivity (Wildman–Crippen MR) is 49.6 cm³/mol.